The molecule has 0 heterocycles. The maximum Gasteiger partial charge on any atom is 0.309 e. The third kappa shape index (κ3) is 4.90. The van der Waals surface area contributed by atoms with Crippen LogP contribution in [0.25, 0.3) is 0 Å². The highest BCUT2D eigenvalue weighted by Gasteiger charge is 2.49. The fraction of sp³-hybridized carbons (Fsp3) is 0.708. The molecule has 1 aromatic rings. The zero-order valence-electron chi connectivity index (χ0n) is 17.0. The van der Waals surface area contributed by atoms with Crippen molar-refractivity contribution in [3.63, 3.8) is 0 Å². The van der Waals surface area contributed by atoms with Gasteiger partial charge in [0, 0.05) is 0 Å². The minimum Gasteiger partial charge on any atom is -0.481 e. The van der Waals surface area contributed by atoms with Crippen molar-refractivity contribution in [3.8, 4) is 0 Å². The van der Waals surface area contributed by atoms with Crippen LogP contribution in [-0.4, -0.2) is 11.1 Å². The second kappa shape index (κ2) is 7.74. The molecule has 0 atom stereocenters. The average molecular weight is 357 g/mol. The van der Waals surface area contributed by atoms with Gasteiger partial charge >= 0.3 is 5.97 Å². The van der Waals surface area contributed by atoms with Gasteiger partial charge < -0.3 is 5.11 Å². The summed E-state index contributed by atoms with van der Waals surface area (Å²) in [5.74, 6) is -0.575. The van der Waals surface area contributed by atoms with Gasteiger partial charge in [-0.05, 0) is 106 Å². The molecule has 0 spiro atoms. The summed E-state index contributed by atoms with van der Waals surface area (Å²) < 4.78 is 0. The molecule has 0 aliphatic heterocycles. The van der Waals surface area contributed by atoms with Crippen molar-refractivity contribution in [2.45, 2.75) is 97.8 Å². The van der Waals surface area contributed by atoms with E-state index >= 15 is 0 Å². The van der Waals surface area contributed by atoms with Crippen molar-refractivity contribution in [3.05, 3.63) is 34.4 Å². The van der Waals surface area contributed by atoms with Crippen LogP contribution in [0.5, 0.6) is 0 Å². The molecule has 1 N–H and O–H groups in total. The van der Waals surface area contributed by atoms with E-state index < -0.39 is 5.97 Å². The fourth-order valence-corrected chi connectivity index (χ4v) is 4.23. The summed E-state index contributed by atoms with van der Waals surface area (Å²) in [5.41, 5.74) is 6.15. The summed E-state index contributed by atoms with van der Waals surface area (Å²) in [6.07, 6.45) is 14.0. The molecule has 2 aliphatic rings. The highest BCUT2D eigenvalue weighted by atomic mass is 16.4. The second-order valence-corrected chi connectivity index (χ2v) is 9.52. The van der Waals surface area contributed by atoms with Crippen LogP contribution in [0, 0.1) is 24.7 Å². The first kappa shape index (κ1) is 19.5. The van der Waals surface area contributed by atoms with E-state index in [2.05, 4.69) is 32.9 Å². The third-order valence-electron chi connectivity index (χ3n) is 7.05. The summed E-state index contributed by atoms with van der Waals surface area (Å²) >= 11 is 0. The molecule has 2 fully saturated rings. The Labute approximate surface area is 159 Å². The Balaban J connectivity index is 1.49. The molecule has 0 aromatic heterocycles. The van der Waals surface area contributed by atoms with Gasteiger partial charge in [0.05, 0.1) is 5.41 Å². The molecule has 0 bridgehead atoms. The minimum absolute atomic E-state index is 0.356. The molecule has 0 amide bonds. The van der Waals surface area contributed by atoms with E-state index in [9.17, 15) is 9.90 Å². The molecule has 144 valence electrons. The monoisotopic (exact) mass is 356 g/mol. The number of rotatable bonds is 11. The van der Waals surface area contributed by atoms with E-state index in [-0.39, 0.29) is 5.41 Å². The number of aryl methyl sites for hydroxylation is 4. The molecule has 26 heavy (non-hydrogen) atoms. The van der Waals surface area contributed by atoms with Gasteiger partial charge in [0.25, 0.3) is 0 Å². The van der Waals surface area contributed by atoms with Crippen LogP contribution >= 0.6 is 0 Å². The number of hydrogen-bond donors (Lipinski definition) is 1. The molecule has 0 radical (unpaired) electrons. The van der Waals surface area contributed by atoms with E-state index in [1.54, 1.807) is 0 Å². The summed E-state index contributed by atoms with van der Waals surface area (Å²) in [7, 11) is 0. The SMILES string of the molecule is Cc1cc(CCCCC2(C)CC2)c(CCCCC2(C(=O)O)CC2)cc1C. The van der Waals surface area contributed by atoms with Crippen LogP contribution in [0.4, 0.5) is 0 Å². The molecule has 2 aliphatic carbocycles. The number of carboxylic acid groups (broad SMARTS) is 1. The normalized spacial score (nSPS) is 19.3. The molecule has 2 saturated carbocycles. The van der Waals surface area contributed by atoms with Crippen molar-refractivity contribution < 1.29 is 9.90 Å². The molecule has 0 saturated heterocycles. The first-order valence-corrected chi connectivity index (χ1v) is 10.7. The van der Waals surface area contributed by atoms with Gasteiger partial charge in [-0.3, -0.25) is 4.79 Å². The van der Waals surface area contributed by atoms with Gasteiger partial charge in [-0.25, -0.2) is 0 Å². The highest BCUT2D eigenvalue weighted by molar-refractivity contribution is 5.77. The van der Waals surface area contributed by atoms with Crippen LogP contribution in [0.1, 0.15) is 93.4 Å². The molecule has 2 heteroatoms. The fourth-order valence-electron chi connectivity index (χ4n) is 4.23. The van der Waals surface area contributed by atoms with Gasteiger partial charge in [0.2, 0.25) is 0 Å². The van der Waals surface area contributed by atoms with Gasteiger partial charge in [0.15, 0.2) is 0 Å². The smallest absolute Gasteiger partial charge is 0.309 e. The Hall–Kier alpha value is -1.31. The number of benzene rings is 1. The second-order valence-electron chi connectivity index (χ2n) is 9.52. The van der Waals surface area contributed by atoms with Crippen LogP contribution in [0.2, 0.25) is 0 Å². The first-order chi connectivity index (χ1) is 12.3. The average Bonchev–Trinajstić information content (AvgIpc) is 3.50. The number of hydrogen-bond acceptors (Lipinski definition) is 1. The van der Waals surface area contributed by atoms with Crippen molar-refractivity contribution in [1.82, 2.24) is 0 Å². The number of aliphatic carboxylic acids is 1. The highest BCUT2D eigenvalue weighted by Crippen LogP contribution is 2.50. The zero-order valence-corrected chi connectivity index (χ0v) is 17.0. The van der Waals surface area contributed by atoms with Crippen molar-refractivity contribution in [1.29, 1.82) is 0 Å². The van der Waals surface area contributed by atoms with Crippen molar-refractivity contribution in [2.24, 2.45) is 10.8 Å². The lowest BCUT2D eigenvalue weighted by Crippen LogP contribution is -2.14. The van der Waals surface area contributed by atoms with E-state index in [1.807, 2.05) is 0 Å². The van der Waals surface area contributed by atoms with Crippen LogP contribution in [0.3, 0.4) is 0 Å². The van der Waals surface area contributed by atoms with Crippen LogP contribution in [0.15, 0.2) is 12.1 Å². The Morgan fingerprint density at radius 1 is 0.885 bits per heavy atom. The molecule has 3 rings (SSSR count). The van der Waals surface area contributed by atoms with Crippen LogP contribution < -0.4 is 0 Å². The maximum atomic E-state index is 11.3. The zero-order chi connectivity index (χ0) is 18.8. The summed E-state index contributed by atoms with van der Waals surface area (Å²) in [5, 5.41) is 9.31. The summed E-state index contributed by atoms with van der Waals surface area (Å²) in [6.45, 7) is 6.86. The number of carbonyl (C=O) groups is 1. The largest absolute Gasteiger partial charge is 0.481 e. The Bertz CT molecular complexity index is 650. The minimum atomic E-state index is -0.575. The predicted octanol–water partition coefficient (Wildman–Crippen LogP) is 6.39. The van der Waals surface area contributed by atoms with Gasteiger partial charge in [-0.15, -0.1) is 0 Å². The standard InChI is InChI=1S/C24H36O2/c1-18-16-20(8-4-6-10-23(3)12-13-23)21(17-19(18)2)9-5-7-11-24(14-15-24)22(25)26/h16-17H,4-15H2,1-3H3,(H,25,26). The summed E-state index contributed by atoms with van der Waals surface area (Å²) in [4.78, 5) is 11.3. The van der Waals surface area contributed by atoms with E-state index in [4.69, 9.17) is 0 Å². The molecule has 2 nitrogen and oxygen atoms in total. The van der Waals surface area contributed by atoms with Crippen molar-refractivity contribution >= 4 is 5.97 Å². The first-order valence-electron chi connectivity index (χ1n) is 10.7. The third-order valence-corrected chi connectivity index (χ3v) is 7.05. The Kier molecular flexibility index (Phi) is 5.79. The van der Waals surface area contributed by atoms with E-state index in [0.717, 1.165) is 38.5 Å². The molecule has 0 unspecified atom stereocenters. The van der Waals surface area contributed by atoms with Crippen LogP contribution in [-0.2, 0) is 17.6 Å². The van der Waals surface area contributed by atoms with E-state index in [1.165, 1.54) is 60.8 Å². The Morgan fingerprint density at radius 2 is 1.38 bits per heavy atom. The molecular weight excluding hydrogens is 320 g/mol. The Morgan fingerprint density at radius 3 is 1.81 bits per heavy atom. The van der Waals surface area contributed by atoms with Gasteiger partial charge in [-0.2, -0.15) is 0 Å². The summed E-state index contributed by atoms with van der Waals surface area (Å²) in [6, 6.07) is 4.79. The lowest BCUT2D eigenvalue weighted by Gasteiger charge is -2.15. The number of carboxylic acids is 1. The lowest BCUT2D eigenvalue weighted by molar-refractivity contribution is -0.143. The lowest BCUT2D eigenvalue weighted by atomic mass is 9.91. The van der Waals surface area contributed by atoms with E-state index in [0.29, 0.717) is 5.41 Å². The van der Waals surface area contributed by atoms with Gasteiger partial charge in [0.1, 0.15) is 0 Å². The van der Waals surface area contributed by atoms with Crippen molar-refractivity contribution in [2.75, 3.05) is 0 Å². The topological polar surface area (TPSA) is 37.3 Å². The maximum absolute atomic E-state index is 11.3. The quantitative estimate of drug-likeness (QED) is 0.466. The molecular formula is C24H36O2. The predicted molar refractivity (Wildman–Crippen MR) is 108 cm³/mol. The van der Waals surface area contributed by atoms with Gasteiger partial charge in [-0.1, -0.05) is 31.9 Å². The molecule has 1 aromatic carbocycles. The number of unbranched alkanes of at least 4 members (excludes halogenated alkanes) is 2.